The molecule has 0 spiro atoms. The molecule has 1 heterocycles. The molecule has 0 bridgehead atoms. The van der Waals surface area contributed by atoms with Gasteiger partial charge >= 0.3 is 5.97 Å². The van der Waals surface area contributed by atoms with Crippen molar-refractivity contribution < 1.29 is 14.0 Å². The van der Waals surface area contributed by atoms with E-state index < -0.39 is 13.9 Å². The van der Waals surface area contributed by atoms with Gasteiger partial charge in [0.25, 0.3) is 0 Å². The topological polar surface area (TPSA) is 47.6 Å². The summed E-state index contributed by atoms with van der Waals surface area (Å²) in [5, 5.41) is 3.63. The third-order valence-electron chi connectivity index (χ3n) is 6.53. The number of esters is 1. The summed E-state index contributed by atoms with van der Waals surface area (Å²) in [6.45, 7) is 12.2. The van der Waals surface area contributed by atoms with Gasteiger partial charge in [-0.3, -0.25) is 10.1 Å². The summed E-state index contributed by atoms with van der Waals surface area (Å²) in [5.41, 5.74) is 1.30. The SMILES string of the molecule is CC(C)(C)[Si](C)(C)OC1CN[C@](Cc2ccc(Br)cc2)(C(=O)OCc2ccccc2)C1. The van der Waals surface area contributed by atoms with Crippen LogP contribution >= 0.6 is 15.9 Å². The molecule has 1 aliphatic heterocycles. The quantitative estimate of drug-likeness (QED) is 0.379. The van der Waals surface area contributed by atoms with E-state index >= 15 is 0 Å². The van der Waals surface area contributed by atoms with Gasteiger partial charge in [0, 0.05) is 23.9 Å². The second kappa shape index (κ2) is 9.57. The lowest BCUT2D eigenvalue weighted by molar-refractivity contribution is -0.152. The van der Waals surface area contributed by atoms with Crippen molar-refractivity contribution in [2.75, 3.05) is 6.54 Å². The molecule has 0 aliphatic carbocycles. The van der Waals surface area contributed by atoms with E-state index in [1.165, 1.54) is 0 Å². The highest BCUT2D eigenvalue weighted by Crippen LogP contribution is 2.39. The zero-order valence-corrected chi connectivity index (χ0v) is 21.8. The van der Waals surface area contributed by atoms with Crippen LogP contribution in [0.1, 0.15) is 38.3 Å². The molecular formula is C25H34BrNO3Si. The number of hydrogen-bond acceptors (Lipinski definition) is 4. The number of carbonyl (C=O) groups excluding carboxylic acids is 1. The van der Waals surface area contributed by atoms with E-state index in [1.807, 2.05) is 42.5 Å². The maximum absolute atomic E-state index is 13.4. The molecule has 0 saturated carbocycles. The predicted octanol–water partition coefficient (Wildman–Crippen LogP) is 5.86. The molecular weight excluding hydrogens is 470 g/mol. The van der Waals surface area contributed by atoms with Crippen LogP contribution in [0.15, 0.2) is 59.1 Å². The van der Waals surface area contributed by atoms with Crippen LogP contribution in [0.3, 0.4) is 0 Å². The van der Waals surface area contributed by atoms with Crippen molar-refractivity contribution in [2.45, 2.75) is 70.0 Å². The molecule has 4 nitrogen and oxygen atoms in total. The van der Waals surface area contributed by atoms with Crippen molar-refractivity contribution in [3.63, 3.8) is 0 Å². The molecule has 2 atom stereocenters. The summed E-state index contributed by atoms with van der Waals surface area (Å²) >= 11 is 3.49. The van der Waals surface area contributed by atoms with Crippen LogP contribution in [0.25, 0.3) is 0 Å². The van der Waals surface area contributed by atoms with Crippen molar-refractivity contribution in [1.82, 2.24) is 5.32 Å². The van der Waals surface area contributed by atoms with Gasteiger partial charge in [-0.25, -0.2) is 0 Å². The number of ether oxygens (including phenoxy) is 1. The summed E-state index contributed by atoms with van der Waals surface area (Å²) in [6.07, 6.45) is 1.19. The van der Waals surface area contributed by atoms with Gasteiger partial charge in [-0.2, -0.15) is 0 Å². The lowest BCUT2D eigenvalue weighted by Crippen LogP contribution is -2.50. The molecule has 1 fully saturated rings. The first-order valence-electron chi connectivity index (χ1n) is 10.9. The average Bonchev–Trinajstić information content (AvgIpc) is 3.11. The van der Waals surface area contributed by atoms with Crippen molar-refractivity contribution in [2.24, 2.45) is 0 Å². The van der Waals surface area contributed by atoms with Crippen LogP contribution < -0.4 is 5.32 Å². The first kappa shape index (κ1) is 24.2. The van der Waals surface area contributed by atoms with E-state index in [-0.39, 0.29) is 23.7 Å². The molecule has 1 aliphatic rings. The highest BCUT2D eigenvalue weighted by Gasteiger charge is 2.49. The summed E-state index contributed by atoms with van der Waals surface area (Å²) in [7, 11) is -1.94. The molecule has 0 amide bonds. The molecule has 6 heteroatoms. The van der Waals surface area contributed by atoms with Crippen LogP contribution in [0.2, 0.25) is 18.1 Å². The first-order valence-corrected chi connectivity index (χ1v) is 14.6. The summed E-state index contributed by atoms with van der Waals surface area (Å²) in [4.78, 5) is 13.4. The fraction of sp³-hybridized carbons (Fsp3) is 0.480. The van der Waals surface area contributed by atoms with E-state index in [2.05, 4.69) is 67.2 Å². The molecule has 1 unspecified atom stereocenters. The van der Waals surface area contributed by atoms with Gasteiger partial charge in [-0.15, -0.1) is 0 Å². The molecule has 2 aromatic carbocycles. The van der Waals surface area contributed by atoms with Crippen LogP contribution in [0.5, 0.6) is 0 Å². The Kier molecular flexibility index (Phi) is 7.46. The second-order valence-corrected chi connectivity index (χ2v) is 15.7. The van der Waals surface area contributed by atoms with E-state index in [1.54, 1.807) is 0 Å². The third kappa shape index (κ3) is 6.07. The smallest absolute Gasteiger partial charge is 0.327 e. The Balaban J connectivity index is 1.78. The van der Waals surface area contributed by atoms with Gasteiger partial charge in [-0.1, -0.05) is 79.2 Å². The first-order chi connectivity index (χ1) is 14.5. The van der Waals surface area contributed by atoms with Crippen molar-refractivity contribution in [3.05, 3.63) is 70.2 Å². The molecule has 1 N–H and O–H groups in total. The monoisotopic (exact) mass is 503 g/mol. The molecule has 31 heavy (non-hydrogen) atoms. The number of rotatable bonds is 7. The molecule has 0 radical (unpaired) electrons. The van der Waals surface area contributed by atoms with E-state index in [4.69, 9.17) is 9.16 Å². The van der Waals surface area contributed by atoms with Gasteiger partial charge in [-0.05, 0) is 41.4 Å². The van der Waals surface area contributed by atoms with Crippen LogP contribution in [-0.4, -0.2) is 32.5 Å². The number of halogens is 1. The van der Waals surface area contributed by atoms with Gasteiger partial charge in [0.15, 0.2) is 8.32 Å². The van der Waals surface area contributed by atoms with Crippen LogP contribution in [0, 0.1) is 0 Å². The standard InChI is InChI=1S/C25H34BrNO3Si/c1-24(2,3)31(4,5)30-22-16-25(27-17-22,15-19-11-13-21(26)14-12-19)23(28)29-18-20-9-7-6-8-10-20/h6-14,22,27H,15-18H2,1-5H3/t22?,25-/m0/s1. The zero-order chi connectivity index (χ0) is 22.7. The van der Waals surface area contributed by atoms with Gasteiger partial charge < -0.3 is 9.16 Å². The Morgan fingerprint density at radius 1 is 1.10 bits per heavy atom. The zero-order valence-electron chi connectivity index (χ0n) is 19.2. The largest absolute Gasteiger partial charge is 0.459 e. The molecule has 168 valence electrons. The Morgan fingerprint density at radius 3 is 2.35 bits per heavy atom. The average molecular weight is 505 g/mol. The lowest BCUT2D eigenvalue weighted by Gasteiger charge is -2.38. The van der Waals surface area contributed by atoms with Gasteiger partial charge in [0.1, 0.15) is 12.1 Å². The number of hydrogen-bond donors (Lipinski definition) is 1. The molecule has 3 rings (SSSR count). The molecule has 2 aromatic rings. The van der Waals surface area contributed by atoms with Crippen molar-refractivity contribution >= 4 is 30.2 Å². The van der Waals surface area contributed by atoms with Gasteiger partial charge in [0.2, 0.25) is 0 Å². The fourth-order valence-corrected chi connectivity index (χ4v) is 5.31. The van der Waals surface area contributed by atoms with Crippen molar-refractivity contribution in [3.8, 4) is 0 Å². The maximum atomic E-state index is 13.4. The van der Waals surface area contributed by atoms with Crippen LogP contribution in [-0.2, 0) is 27.0 Å². The molecule has 0 aromatic heterocycles. The van der Waals surface area contributed by atoms with Gasteiger partial charge in [0.05, 0.1) is 6.10 Å². The lowest BCUT2D eigenvalue weighted by atomic mass is 9.88. The number of benzene rings is 2. The summed E-state index contributed by atoms with van der Waals surface area (Å²) in [5.74, 6) is -0.208. The third-order valence-corrected chi connectivity index (χ3v) is 11.6. The minimum absolute atomic E-state index is 0.000570. The number of carbonyl (C=O) groups is 1. The number of nitrogens with one attached hydrogen (secondary N) is 1. The minimum Gasteiger partial charge on any atom is -0.459 e. The predicted molar refractivity (Wildman–Crippen MR) is 132 cm³/mol. The maximum Gasteiger partial charge on any atom is 0.327 e. The van der Waals surface area contributed by atoms with Crippen LogP contribution in [0.4, 0.5) is 0 Å². The highest BCUT2D eigenvalue weighted by atomic mass is 79.9. The summed E-state index contributed by atoms with van der Waals surface area (Å²) in [6, 6.07) is 17.9. The summed E-state index contributed by atoms with van der Waals surface area (Å²) < 4.78 is 13.5. The van der Waals surface area contributed by atoms with E-state index in [0.29, 0.717) is 19.4 Å². The Bertz CT molecular complexity index is 880. The van der Waals surface area contributed by atoms with E-state index in [0.717, 1.165) is 15.6 Å². The normalized spacial score (nSPS) is 21.8. The Morgan fingerprint density at radius 2 is 1.74 bits per heavy atom. The molecule has 1 saturated heterocycles. The highest BCUT2D eigenvalue weighted by molar-refractivity contribution is 9.10. The minimum atomic E-state index is -1.94. The fourth-order valence-electron chi connectivity index (χ4n) is 3.69. The second-order valence-electron chi connectivity index (χ2n) is 10.0. The Hall–Kier alpha value is -1.47. The van der Waals surface area contributed by atoms with Crippen molar-refractivity contribution in [1.29, 1.82) is 0 Å². The van der Waals surface area contributed by atoms with E-state index in [9.17, 15) is 4.79 Å². The Labute approximate surface area is 196 Å².